The van der Waals surface area contributed by atoms with E-state index in [0.717, 1.165) is 12.1 Å². The molecule has 2 aromatic rings. The summed E-state index contributed by atoms with van der Waals surface area (Å²) in [6.07, 6.45) is -5.46. The Balaban J connectivity index is 1.99. The number of cyclic esters (lactones) is 1. The fourth-order valence-corrected chi connectivity index (χ4v) is 4.40. The third kappa shape index (κ3) is 4.19. The summed E-state index contributed by atoms with van der Waals surface area (Å²) in [6, 6.07) is 1.44. The Labute approximate surface area is 208 Å². The van der Waals surface area contributed by atoms with Crippen LogP contribution in [0, 0.1) is 0 Å². The van der Waals surface area contributed by atoms with Crippen LogP contribution in [0.1, 0.15) is 20.7 Å². The van der Waals surface area contributed by atoms with Crippen LogP contribution >= 0.6 is 0 Å². The number of rotatable bonds is 3. The number of hydrogen-bond donors (Lipinski definition) is 6. The van der Waals surface area contributed by atoms with E-state index in [1.165, 1.54) is 21.3 Å². The molecule has 2 aliphatic heterocycles. The molecular formula is C23H24O14. The highest BCUT2D eigenvalue weighted by atomic mass is 16.7. The largest absolute Gasteiger partial charge is 0.504 e. The van der Waals surface area contributed by atoms with Crippen molar-refractivity contribution in [2.45, 2.75) is 30.7 Å². The average molecular weight is 524 g/mol. The van der Waals surface area contributed by atoms with Gasteiger partial charge in [0.05, 0.1) is 11.1 Å². The highest BCUT2D eigenvalue weighted by Gasteiger charge is 2.50. The van der Waals surface area contributed by atoms with Crippen molar-refractivity contribution in [2.24, 2.45) is 0 Å². The van der Waals surface area contributed by atoms with Gasteiger partial charge in [0.15, 0.2) is 35.4 Å². The van der Waals surface area contributed by atoms with Crippen molar-refractivity contribution in [1.29, 1.82) is 0 Å². The number of ether oxygens (including phenoxy) is 6. The fraction of sp³-hybridized carbons (Fsp3) is 0.391. The molecule has 0 saturated carbocycles. The second-order valence-corrected chi connectivity index (χ2v) is 8.18. The molecule has 200 valence electrons. The summed E-state index contributed by atoms with van der Waals surface area (Å²) in [5, 5.41) is 61.7. The molecule has 1 fully saturated rings. The first-order valence-corrected chi connectivity index (χ1v) is 10.7. The Bertz CT molecular complexity index is 1240. The number of benzene rings is 2. The Kier molecular flexibility index (Phi) is 6.92. The molecular weight excluding hydrogens is 500 g/mol. The first-order chi connectivity index (χ1) is 17.5. The summed E-state index contributed by atoms with van der Waals surface area (Å²) in [4.78, 5) is 26.6. The van der Waals surface area contributed by atoms with E-state index >= 15 is 0 Å². The predicted octanol–water partition coefficient (Wildman–Crippen LogP) is 0.684. The van der Waals surface area contributed by atoms with Crippen LogP contribution in [0.5, 0.6) is 34.5 Å². The molecule has 0 aliphatic carbocycles. The van der Waals surface area contributed by atoms with Crippen LogP contribution in [-0.2, 0) is 28.4 Å². The number of phenols is 6. The van der Waals surface area contributed by atoms with Crippen LogP contribution in [0.4, 0.5) is 0 Å². The van der Waals surface area contributed by atoms with Crippen molar-refractivity contribution in [3.63, 3.8) is 0 Å². The van der Waals surface area contributed by atoms with Gasteiger partial charge in [-0.15, -0.1) is 0 Å². The maximum atomic E-state index is 13.4. The van der Waals surface area contributed by atoms with Gasteiger partial charge in [0, 0.05) is 32.5 Å². The maximum absolute atomic E-state index is 13.4. The highest BCUT2D eigenvalue weighted by Crippen LogP contribution is 2.52. The summed E-state index contributed by atoms with van der Waals surface area (Å²) < 4.78 is 32.9. The first-order valence-electron chi connectivity index (χ1n) is 10.7. The zero-order valence-corrected chi connectivity index (χ0v) is 19.7. The number of fused-ring (bicyclic) bond motifs is 4. The molecule has 14 heteroatoms. The summed E-state index contributed by atoms with van der Waals surface area (Å²) in [5.74, 6) is -8.77. The third-order valence-electron chi connectivity index (χ3n) is 6.19. The molecule has 14 nitrogen and oxygen atoms in total. The van der Waals surface area contributed by atoms with Gasteiger partial charge in [0.1, 0.15) is 24.9 Å². The number of esters is 2. The van der Waals surface area contributed by atoms with Gasteiger partial charge in [-0.05, 0) is 12.1 Å². The molecule has 37 heavy (non-hydrogen) atoms. The number of methoxy groups -OCH3 is 3. The van der Waals surface area contributed by atoms with E-state index in [-0.39, 0.29) is 0 Å². The summed E-state index contributed by atoms with van der Waals surface area (Å²) in [6.45, 7) is -0.548. The summed E-state index contributed by atoms with van der Waals surface area (Å²) in [7, 11) is 3.97. The maximum Gasteiger partial charge on any atom is 0.339 e. The van der Waals surface area contributed by atoms with E-state index in [0.29, 0.717) is 0 Å². The van der Waals surface area contributed by atoms with Gasteiger partial charge in [0.25, 0.3) is 0 Å². The lowest BCUT2D eigenvalue weighted by atomic mass is 9.92. The van der Waals surface area contributed by atoms with Crippen LogP contribution in [0.3, 0.4) is 0 Å². The van der Waals surface area contributed by atoms with Crippen molar-refractivity contribution in [1.82, 2.24) is 0 Å². The second kappa shape index (κ2) is 9.82. The van der Waals surface area contributed by atoms with Gasteiger partial charge in [-0.3, -0.25) is 0 Å². The molecule has 5 atom stereocenters. The Morgan fingerprint density at radius 3 is 1.73 bits per heavy atom. The quantitative estimate of drug-likeness (QED) is 0.241. The summed E-state index contributed by atoms with van der Waals surface area (Å²) >= 11 is 0. The molecule has 0 spiro atoms. The molecule has 0 bridgehead atoms. The normalized spacial score (nSPS) is 25.6. The van der Waals surface area contributed by atoms with E-state index in [4.69, 9.17) is 28.4 Å². The minimum Gasteiger partial charge on any atom is -0.504 e. The standard InChI is InChI=1S/C23H24O14/c1-32-19-18-11(36-23(34-3)20(19)33-2)6-35-21(30)7-4-9(24)14(26)16(28)12(7)13-8(22(31)37-18)5-10(25)15(27)17(13)29/h4-5,11,18-20,23-29H,6H2,1-3H3/t11?,18-,19-,20?,23+/m1/s1. The van der Waals surface area contributed by atoms with Crippen molar-refractivity contribution in [2.75, 3.05) is 27.9 Å². The SMILES string of the molecule is COC1[C@@H](OC)OC2COC(=O)c3cc(O)c(O)c(O)c3-c3c(cc(O)c(O)c3O)C(=O)O[C@H]2[C@H]1OC. The molecule has 2 aromatic carbocycles. The topological polar surface area (TPSA) is 211 Å². The number of aromatic hydroxyl groups is 6. The van der Waals surface area contributed by atoms with Crippen LogP contribution in [0.2, 0.25) is 0 Å². The minimum atomic E-state index is -1.30. The van der Waals surface area contributed by atoms with Crippen LogP contribution in [0.15, 0.2) is 12.1 Å². The van der Waals surface area contributed by atoms with Crippen molar-refractivity contribution in [3.8, 4) is 45.6 Å². The monoisotopic (exact) mass is 524 g/mol. The zero-order chi connectivity index (χ0) is 27.2. The number of phenolic OH excluding ortho intramolecular Hbond substituents is 6. The molecule has 2 unspecified atom stereocenters. The Morgan fingerprint density at radius 2 is 1.24 bits per heavy atom. The van der Waals surface area contributed by atoms with E-state index in [2.05, 4.69) is 0 Å². The van der Waals surface area contributed by atoms with Gasteiger partial charge in [-0.25, -0.2) is 9.59 Å². The van der Waals surface area contributed by atoms with Gasteiger partial charge >= 0.3 is 11.9 Å². The van der Waals surface area contributed by atoms with E-state index in [1.54, 1.807) is 0 Å². The molecule has 2 heterocycles. The van der Waals surface area contributed by atoms with Crippen LogP contribution < -0.4 is 0 Å². The summed E-state index contributed by atoms with van der Waals surface area (Å²) in [5.41, 5.74) is -2.65. The second-order valence-electron chi connectivity index (χ2n) is 8.18. The van der Waals surface area contributed by atoms with E-state index in [1.807, 2.05) is 0 Å². The lowest BCUT2D eigenvalue weighted by Gasteiger charge is -2.43. The third-order valence-corrected chi connectivity index (χ3v) is 6.19. The number of carbonyl (C=O) groups is 2. The molecule has 0 radical (unpaired) electrons. The molecule has 2 aliphatic rings. The molecule has 6 N–H and O–H groups in total. The number of carbonyl (C=O) groups excluding carboxylic acids is 2. The molecule has 0 aromatic heterocycles. The predicted molar refractivity (Wildman–Crippen MR) is 119 cm³/mol. The van der Waals surface area contributed by atoms with Crippen LogP contribution in [0.25, 0.3) is 11.1 Å². The van der Waals surface area contributed by atoms with E-state index in [9.17, 15) is 40.2 Å². The Morgan fingerprint density at radius 1 is 0.730 bits per heavy atom. The van der Waals surface area contributed by atoms with Gasteiger partial charge < -0.3 is 59.1 Å². The lowest BCUT2D eigenvalue weighted by molar-refractivity contribution is -0.302. The molecule has 4 rings (SSSR count). The van der Waals surface area contributed by atoms with Gasteiger partial charge in [0.2, 0.25) is 11.5 Å². The number of hydrogen-bond acceptors (Lipinski definition) is 14. The van der Waals surface area contributed by atoms with Gasteiger partial charge in [-0.1, -0.05) is 0 Å². The van der Waals surface area contributed by atoms with E-state index < -0.39 is 106 Å². The van der Waals surface area contributed by atoms with Crippen molar-refractivity contribution >= 4 is 11.9 Å². The molecule has 1 saturated heterocycles. The lowest BCUT2D eigenvalue weighted by Crippen LogP contribution is -2.61. The smallest absolute Gasteiger partial charge is 0.339 e. The van der Waals surface area contributed by atoms with Crippen molar-refractivity contribution in [3.05, 3.63) is 23.3 Å². The highest BCUT2D eigenvalue weighted by molar-refractivity contribution is 6.08. The van der Waals surface area contributed by atoms with Crippen LogP contribution in [-0.4, -0.2) is 101 Å². The molecule has 0 amide bonds. The first kappa shape index (κ1) is 26.1. The fourth-order valence-electron chi connectivity index (χ4n) is 4.40. The Hall–Kier alpha value is -3.98. The minimum absolute atomic E-state index is 0.548. The zero-order valence-electron chi connectivity index (χ0n) is 19.7. The average Bonchev–Trinajstić information content (AvgIpc) is 2.89. The van der Waals surface area contributed by atoms with Gasteiger partial charge in [-0.2, -0.15) is 0 Å². The van der Waals surface area contributed by atoms with Crippen molar-refractivity contribution < 1.29 is 68.6 Å².